The van der Waals surface area contributed by atoms with E-state index in [1.54, 1.807) is 0 Å². The first-order valence-electron chi connectivity index (χ1n) is 9.05. The van der Waals surface area contributed by atoms with Crippen molar-refractivity contribution >= 4 is 17.3 Å². The summed E-state index contributed by atoms with van der Waals surface area (Å²) < 4.78 is 0. The molecular weight excluding hydrogens is 298 g/mol. The Labute approximate surface area is 144 Å². The lowest BCUT2D eigenvalue weighted by Gasteiger charge is -2.31. The van der Waals surface area contributed by atoms with Crippen molar-refractivity contribution < 1.29 is 4.79 Å². The number of piperidine rings is 1. The number of allylic oxidation sites excluding steroid dienone is 1. The number of nitrogens with two attached hydrogens (primary N) is 1. The minimum Gasteiger partial charge on any atom is -0.402 e. The van der Waals surface area contributed by atoms with Gasteiger partial charge in [0, 0.05) is 23.5 Å². The molecule has 1 aromatic carbocycles. The van der Waals surface area contributed by atoms with Crippen LogP contribution in [-0.4, -0.2) is 24.2 Å². The van der Waals surface area contributed by atoms with Gasteiger partial charge in [-0.25, -0.2) is 0 Å². The molecule has 0 radical (unpaired) electrons. The highest BCUT2D eigenvalue weighted by molar-refractivity contribution is 6.50. The van der Waals surface area contributed by atoms with Gasteiger partial charge in [0.2, 0.25) is 0 Å². The quantitative estimate of drug-likeness (QED) is 0.920. The molecule has 2 N–H and O–H groups in total. The minimum atomic E-state index is 0.00819. The van der Waals surface area contributed by atoms with E-state index in [-0.39, 0.29) is 11.9 Å². The zero-order valence-electron chi connectivity index (χ0n) is 14.7. The third-order valence-electron chi connectivity index (χ3n) is 5.13. The topological polar surface area (TPSA) is 58.7 Å². The van der Waals surface area contributed by atoms with E-state index in [1.165, 1.54) is 12.8 Å². The van der Waals surface area contributed by atoms with Crippen molar-refractivity contribution in [3.05, 3.63) is 41.1 Å². The van der Waals surface area contributed by atoms with E-state index in [4.69, 9.17) is 10.7 Å². The molecule has 1 saturated carbocycles. The molecule has 1 saturated heterocycles. The highest BCUT2D eigenvalue weighted by atomic mass is 16.2. The Morgan fingerprint density at radius 1 is 1.29 bits per heavy atom. The second kappa shape index (κ2) is 7.20. The molecule has 3 rings (SSSR count). The molecular formula is C20H27N3O. The summed E-state index contributed by atoms with van der Waals surface area (Å²) in [4.78, 5) is 19.9. The van der Waals surface area contributed by atoms with Crippen molar-refractivity contribution in [3.8, 4) is 0 Å². The van der Waals surface area contributed by atoms with E-state index in [0.29, 0.717) is 12.3 Å². The van der Waals surface area contributed by atoms with Crippen molar-refractivity contribution in [1.82, 2.24) is 0 Å². The van der Waals surface area contributed by atoms with E-state index < -0.39 is 0 Å². The maximum atomic E-state index is 13.2. The summed E-state index contributed by atoms with van der Waals surface area (Å²) >= 11 is 0. The molecule has 0 spiro atoms. The number of hydrogen-bond acceptors (Lipinski definition) is 3. The van der Waals surface area contributed by atoms with Gasteiger partial charge in [0.15, 0.2) is 0 Å². The van der Waals surface area contributed by atoms with Crippen LogP contribution in [0.15, 0.2) is 40.5 Å². The van der Waals surface area contributed by atoms with Gasteiger partial charge >= 0.3 is 0 Å². The van der Waals surface area contributed by atoms with Crippen LogP contribution < -0.4 is 10.6 Å². The minimum absolute atomic E-state index is 0.00819. The molecule has 0 atom stereocenters. The Kier molecular flexibility index (Phi) is 5.03. The van der Waals surface area contributed by atoms with E-state index >= 15 is 0 Å². The number of carbonyl (C=O) groups is 1. The van der Waals surface area contributed by atoms with Crippen LogP contribution in [0.4, 0.5) is 5.69 Å². The van der Waals surface area contributed by atoms with Gasteiger partial charge in [0.25, 0.3) is 5.91 Å². The molecule has 4 heteroatoms. The zero-order chi connectivity index (χ0) is 17.1. The maximum Gasteiger partial charge on any atom is 0.276 e. The highest BCUT2D eigenvalue weighted by Gasteiger charge is 2.32. The first-order chi connectivity index (χ1) is 11.6. The van der Waals surface area contributed by atoms with Crippen molar-refractivity contribution in [2.45, 2.75) is 58.4 Å². The van der Waals surface area contributed by atoms with Crippen LogP contribution in [0.25, 0.3) is 0 Å². The molecule has 0 aromatic heterocycles. The lowest BCUT2D eigenvalue weighted by molar-refractivity contribution is -0.112. The number of hydrogen-bond donors (Lipinski definition) is 1. The van der Waals surface area contributed by atoms with Crippen LogP contribution >= 0.6 is 0 Å². The predicted molar refractivity (Wildman–Crippen MR) is 99.3 cm³/mol. The number of amides is 1. The summed E-state index contributed by atoms with van der Waals surface area (Å²) in [7, 11) is 0. The van der Waals surface area contributed by atoms with E-state index in [1.807, 2.05) is 43.0 Å². The number of rotatable bonds is 3. The number of aryl methyl sites for hydroxylation is 1. The standard InChI is InChI=1S/C20H27N3O/c1-3-17(21)16-12-13-23(18-11-7-4-8-14(18)2)20(24)19(16)22-15-9-5-6-10-15/h4,7-8,11,15H,3,5-6,9-10,12-13,21H2,1-2H3. The molecule has 1 aliphatic heterocycles. The summed E-state index contributed by atoms with van der Waals surface area (Å²) in [6, 6.07) is 8.32. The van der Waals surface area contributed by atoms with E-state index in [9.17, 15) is 4.79 Å². The first-order valence-corrected chi connectivity index (χ1v) is 9.05. The maximum absolute atomic E-state index is 13.2. The van der Waals surface area contributed by atoms with Gasteiger partial charge in [0.05, 0.1) is 6.04 Å². The molecule has 1 aromatic rings. The van der Waals surface area contributed by atoms with Crippen LogP contribution in [0.2, 0.25) is 0 Å². The summed E-state index contributed by atoms with van der Waals surface area (Å²) in [5.74, 6) is 0.00819. The Morgan fingerprint density at radius 3 is 2.67 bits per heavy atom. The number of nitrogens with zero attached hydrogens (tertiary/aromatic N) is 2. The second-order valence-corrected chi connectivity index (χ2v) is 6.77. The first kappa shape index (κ1) is 16.7. The Bertz CT molecular complexity index is 684. The van der Waals surface area contributed by atoms with Crippen LogP contribution in [0.3, 0.4) is 0 Å². The number of aliphatic imine (C=N–C) groups is 1. The van der Waals surface area contributed by atoms with Gasteiger partial charge in [-0.15, -0.1) is 0 Å². The average molecular weight is 325 g/mol. The van der Waals surface area contributed by atoms with Crippen molar-refractivity contribution in [2.24, 2.45) is 10.7 Å². The van der Waals surface area contributed by atoms with Crippen LogP contribution in [0, 0.1) is 6.92 Å². The van der Waals surface area contributed by atoms with Gasteiger partial charge in [-0.05, 0) is 44.2 Å². The smallest absolute Gasteiger partial charge is 0.276 e. The summed E-state index contributed by atoms with van der Waals surface area (Å²) in [6.45, 7) is 4.75. The number of para-hydroxylation sites is 1. The van der Waals surface area contributed by atoms with E-state index in [0.717, 1.165) is 48.2 Å². The normalized spacial score (nSPS) is 23.2. The van der Waals surface area contributed by atoms with Crippen LogP contribution in [-0.2, 0) is 4.79 Å². The Balaban J connectivity index is 1.99. The number of anilines is 1. The van der Waals surface area contributed by atoms with Gasteiger partial charge in [-0.1, -0.05) is 38.0 Å². The largest absolute Gasteiger partial charge is 0.402 e. The molecule has 1 heterocycles. The SMILES string of the molecule is CCC(N)=C1CCN(c2ccccc2C)C(=O)C1=NC1CCCC1. The van der Waals surface area contributed by atoms with E-state index in [2.05, 4.69) is 0 Å². The van der Waals surface area contributed by atoms with Crippen molar-refractivity contribution in [2.75, 3.05) is 11.4 Å². The van der Waals surface area contributed by atoms with Gasteiger partial charge in [-0.2, -0.15) is 0 Å². The zero-order valence-corrected chi connectivity index (χ0v) is 14.7. The highest BCUT2D eigenvalue weighted by Crippen LogP contribution is 2.29. The third kappa shape index (κ3) is 3.23. The van der Waals surface area contributed by atoms with Crippen LogP contribution in [0.5, 0.6) is 0 Å². The molecule has 4 nitrogen and oxygen atoms in total. The lowest BCUT2D eigenvalue weighted by Crippen LogP contribution is -2.44. The molecule has 2 fully saturated rings. The fraction of sp³-hybridized carbons (Fsp3) is 0.500. The third-order valence-corrected chi connectivity index (χ3v) is 5.13. The predicted octanol–water partition coefficient (Wildman–Crippen LogP) is 3.74. The average Bonchev–Trinajstić information content (AvgIpc) is 3.10. The molecule has 128 valence electrons. The fourth-order valence-corrected chi connectivity index (χ4v) is 3.67. The molecule has 1 amide bonds. The van der Waals surface area contributed by atoms with Gasteiger partial charge < -0.3 is 10.6 Å². The van der Waals surface area contributed by atoms with Crippen molar-refractivity contribution in [3.63, 3.8) is 0 Å². The summed E-state index contributed by atoms with van der Waals surface area (Å²) in [5, 5.41) is 0. The molecule has 0 unspecified atom stereocenters. The lowest BCUT2D eigenvalue weighted by atomic mass is 9.96. The van der Waals surface area contributed by atoms with Crippen molar-refractivity contribution in [1.29, 1.82) is 0 Å². The summed E-state index contributed by atoms with van der Waals surface area (Å²) in [6.07, 6.45) is 6.13. The fourth-order valence-electron chi connectivity index (χ4n) is 3.67. The molecule has 1 aliphatic carbocycles. The molecule has 24 heavy (non-hydrogen) atoms. The number of benzene rings is 1. The molecule has 0 bridgehead atoms. The van der Waals surface area contributed by atoms with Gasteiger partial charge in [-0.3, -0.25) is 9.79 Å². The Hall–Kier alpha value is -2.10. The molecule has 2 aliphatic rings. The van der Waals surface area contributed by atoms with Gasteiger partial charge in [0.1, 0.15) is 5.71 Å². The Morgan fingerprint density at radius 2 is 2.00 bits per heavy atom. The monoisotopic (exact) mass is 325 g/mol. The summed E-state index contributed by atoms with van der Waals surface area (Å²) in [5.41, 5.74) is 10.7. The second-order valence-electron chi connectivity index (χ2n) is 6.77. The van der Waals surface area contributed by atoms with Crippen LogP contribution in [0.1, 0.15) is 51.0 Å². The number of carbonyl (C=O) groups excluding carboxylic acids is 1.